The van der Waals surface area contributed by atoms with Gasteiger partial charge in [0.1, 0.15) is 17.6 Å². The lowest BCUT2D eigenvalue weighted by Crippen LogP contribution is -2.59. The number of rotatable bonds is 7. The molecule has 5 rings (SSSR count). The predicted molar refractivity (Wildman–Crippen MR) is 204 cm³/mol. The van der Waals surface area contributed by atoms with Crippen LogP contribution in [0.15, 0.2) is 29.4 Å². The molecule has 1 N–H and O–H groups in total. The van der Waals surface area contributed by atoms with Gasteiger partial charge >= 0.3 is 18.0 Å². The third kappa shape index (κ3) is 9.84. The molecule has 2 bridgehead atoms. The second-order valence-electron chi connectivity index (χ2n) is 16.3. The summed E-state index contributed by atoms with van der Waals surface area (Å²) in [4.78, 5) is 61.7. The number of carbonyl (C=O) groups excluding carboxylic acids is 4. The Kier molecular flexibility index (Phi) is 14.1. The first-order chi connectivity index (χ1) is 26.3. The van der Waals surface area contributed by atoms with Crippen LogP contribution in [0.1, 0.15) is 81.1 Å². The van der Waals surface area contributed by atoms with Crippen molar-refractivity contribution in [3.63, 3.8) is 0 Å². The highest BCUT2D eigenvalue weighted by Gasteiger charge is 2.57. The standard InChI is InChI=1S/C40H58ClN3O12/c1-11-31-40(8)35(42-38(48)55-40)24(5)33(46)21(2)18-39(7)32(54-37-34(52-25(6)45)29(44(9)10)15-22(3)51-37)17-30(23(4)36(47)53-31)49-19-27(20-50-39)43-56-28-14-12-13-26(41)16-28/h12-14,16,21-24,29-32,34-35,37H,11,15,17-20H2,1-10H3,(H,42,48)/b43-27+/t21-,22-,23-,24+,29+,30-,31-,32-,34-,35?,37?,39+,40?/m1/s1. The second kappa shape index (κ2) is 18.1. The molecule has 1 aromatic rings. The van der Waals surface area contributed by atoms with E-state index >= 15 is 0 Å². The minimum Gasteiger partial charge on any atom is -0.458 e. The SMILES string of the molecule is CC[C@H]1OC(=O)[C@H](C)[C@H]2C[C@@H](OC3O[C@H](C)C[C@H](N(C)C)[C@H]3OC(C)=O)[C@](C)(C[C@@H](C)C(=O)[C@H](C)C3NC(=O)OC31C)OC/C(=N/Oc1cccc(Cl)c1)CO2. The number of ether oxygens (including phenoxy) is 7. The zero-order valence-corrected chi connectivity index (χ0v) is 34.8. The zero-order chi connectivity index (χ0) is 41.1. The maximum atomic E-state index is 14.5. The fourth-order valence-electron chi connectivity index (χ4n) is 8.44. The topological polar surface area (TPSA) is 170 Å². The lowest BCUT2D eigenvalue weighted by molar-refractivity contribution is -0.296. The number of ketones is 1. The molecule has 13 atom stereocenters. The third-order valence-corrected chi connectivity index (χ3v) is 11.9. The van der Waals surface area contributed by atoms with Crippen LogP contribution in [-0.2, 0) is 47.5 Å². The molecule has 312 valence electrons. The van der Waals surface area contributed by atoms with Crippen molar-refractivity contribution in [2.45, 2.75) is 141 Å². The lowest BCUT2D eigenvalue weighted by Gasteiger charge is -2.47. The number of Topliss-reactive ketones (excluding diaryl/α,β-unsaturated/α-hetero) is 1. The number of esters is 2. The molecule has 0 radical (unpaired) electrons. The van der Waals surface area contributed by atoms with Gasteiger partial charge in [0.2, 0.25) is 0 Å². The highest BCUT2D eigenvalue weighted by molar-refractivity contribution is 6.30. The first kappa shape index (κ1) is 43.8. The number of oxime groups is 1. The van der Waals surface area contributed by atoms with E-state index in [1.165, 1.54) is 6.92 Å². The van der Waals surface area contributed by atoms with Crippen molar-refractivity contribution < 1.29 is 57.2 Å². The van der Waals surface area contributed by atoms with E-state index in [-0.39, 0.29) is 44.0 Å². The van der Waals surface area contributed by atoms with Gasteiger partial charge in [-0.15, -0.1) is 0 Å². The minimum absolute atomic E-state index is 0.0759. The highest BCUT2D eigenvalue weighted by atomic mass is 35.5. The molecular weight excluding hydrogens is 750 g/mol. The van der Waals surface area contributed by atoms with Crippen LogP contribution >= 0.6 is 11.6 Å². The fraction of sp³-hybridized carbons (Fsp3) is 0.725. The van der Waals surface area contributed by atoms with Crippen molar-refractivity contribution in [3.8, 4) is 5.75 Å². The molecule has 4 fully saturated rings. The van der Waals surface area contributed by atoms with E-state index in [2.05, 4.69) is 10.5 Å². The average molecular weight is 808 g/mol. The molecule has 3 unspecified atom stereocenters. The molecule has 1 aromatic carbocycles. The van der Waals surface area contributed by atoms with E-state index in [1.807, 2.05) is 46.7 Å². The third-order valence-electron chi connectivity index (χ3n) is 11.6. The van der Waals surface area contributed by atoms with Crippen LogP contribution in [0.2, 0.25) is 5.02 Å². The van der Waals surface area contributed by atoms with Gasteiger partial charge in [-0.25, -0.2) is 4.79 Å². The molecule has 0 aliphatic carbocycles. The van der Waals surface area contributed by atoms with Crippen molar-refractivity contribution in [1.82, 2.24) is 10.2 Å². The molecule has 0 spiro atoms. The normalized spacial score (nSPS) is 39.3. The fourth-order valence-corrected chi connectivity index (χ4v) is 8.62. The van der Waals surface area contributed by atoms with E-state index in [9.17, 15) is 19.2 Å². The maximum absolute atomic E-state index is 14.5. The van der Waals surface area contributed by atoms with Crippen LogP contribution < -0.4 is 10.2 Å². The summed E-state index contributed by atoms with van der Waals surface area (Å²) in [6, 6.07) is 5.72. The highest BCUT2D eigenvalue weighted by Crippen LogP contribution is 2.41. The van der Waals surface area contributed by atoms with Crippen molar-refractivity contribution in [1.29, 1.82) is 0 Å². The van der Waals surface area contributed by atoms with Crippen LogP contribution in [0.3, 0.4) is 0 Å². The van der Waals surface area contributed by atoms with Crippen molar-refractivity contribution in [2.75, 3.05) is 27.3 Å². The monoisotopic (exact) mass is 807 g/mol. The van der Waals surface area contributed by atoms with E-state index in [4.69, 9.17) is 49.6 Å². The summed E-state index contributed by atoms with van der Waals surface area (Å²) in [5.74, 6) is -3.14. The summed E-state index contributed by atoms with van der Waals surface area (Å²) in [6.45, 7) is 13.7. The number of likely N-dealkylation sites (N-methyl/N-ethyl adjacent to an activating group) is 1. The summed E-state index contributed by atoms with van der Waals surface area (Å²) in [7, 11) is 3.80. The Labute approximate surface area is 334 Å². The first-order valence-corrected chi connectivity index (χ1v) is 19.8. The van der Waals surface area contributed by atoms with Crippen molar-refractivity contribution >= 4 is 41.1 Å². The van der Waals surface area contributed by atoms with Crippen LogP contribution in [0.5, 0.6) is 5.75 Å². The Balaban J connectivity index is 1.61. The zero-order valence-electron chi connectivity index (χ0n) is 34.1. The summed E-state index contributed by atoms with van der Waals surface area (Å²) >= 11 is 6.19. The van der Waals surface area contributed by atoms with E-state index in [0.717, 1.165) is 0 Å². The summed E-state index contributed by atoms with van der Waals surface area (Å²) in [5.41, 5.74) is -2.25. The van der Waals surface area contributed by atoms with Crippen LogP contribution in [0.4, 0.5) is 4.79 Å². The molecule has 56 heavy (non-hydrogen) atoms. The quantitative estimate of drug-likeness (QED) is 0.220. The number of alkyl carbamates (subject to hydrolysis) is 1. The molecule has 4 aliphatic heterocycles. The van der Waals surface area contributed by atoms with Crippen molar-refractivity contribution in [2.24, 2.45) is 22.9 Å². The predicted octanol–water partition coefficient (Wildman–Crippen LogP) is 5.09. The molecule has 4 heterocycles. The number of benzene rings is 1. The van der Waals surface area contributed by atoms with Gasteiger partial charge in [-0.1, -0.05) is 43.6 Å². The molecule has 16 heteroatoms. The number of cyclic esters (lactones) is 1. The molecule has 4 saturated heterocycles. The van der Waals surface area contributed by atoms with Crippen molar-refractivity contribution in [3.05, 3.63) is 29.3 Å². The number of nitrogens with zero attached hydrogens (tertiary/aromatic N) is 2. The molecule has 1 amide bonds. The van der Waals surface area contributed by atoms with Crippen LogP contribution in [0.25, 0.3) is 0 Å². The van der Waals surface area contributed by atoms with Gasteiger partial charge in [-0.2, -0.15) is 0 Å². The second-order valence-corrected chi connectivity index (χ2v) is 16.7. The van der Waals surface area contributed by atoms with E-state index in [0.29, 0.717) is 29.3 Å². The molecule has 0 aromatic heterocycles. The largest absolute Gasteiger partial charge is 0.458 e. The van der Waals surface area contributed by atoms with Crippen LogP contribution in [-0.4, -0.2) is 122 Å². The summed E-state index contributed by atoms with van der Waals surface area (Å²) < 4.78 is 44.5. The number of amides is 1. The number of carbonyl (C=O) groups is 4. The Morgan fingerprint density at radius 1 is 1.07 bits per heavy atom. The lowest BCUT2D eigenvalue weighted by atomic mass is 9.75. The van der Waals surface area contributed by atoms with Gasteiger partial charge < -0.3 is 48.2 Å². The number of halogens is 1. The maximum Gasteiger partial charge on any atom is 0.408 e. The Bertz CT molecular complexity index is 1630. The number of hydrogen-bond donors (Lipinski definition) is 1. The summed E-state index contributed by atoms with van der Waals surface area (Å²) in [5, 5.41) is 7.67. The smallest absolute Gasteiger partial charge is 0.408 e. The minimum atomic E-state index is -1.34. The van der Waals surface area contributed by atoms with Gasteiger partial charge in [0.05, 0.1) is 55.1 Å². The molecule has 0 saturated carbocycles. The van der Waals surface area contributed by atoms with Gasteiger partial charge in [0.15, 0.2) is 23.7 Å². The van der Waals surface area contributed by atoms with E-state index < -0.39 is 83.7 Å². The van der Waals surface area contributed by atoms with Crippen LogP contribution in [0, 0.1) is 17.8 Å². The van der Waals surface area contributed by atoms with Gasteiger partial charge in [-0.05, 0) is 73.2 Å². The Morgan fingerprint density at radius 3 is 2.46 bits per heavy atom. The molecule has 15 nitrogen and oxygen atoms in total. The Morgan fingerprint density at radius 2 is 1.80 bits per heavy atom. The molecular formula is C40H58ClN3O12. The first-order valence-electron chi connectivity index (χ1n) is 19.5. The Hall–Kier alpha value is -3.34. The number of fused-ring (bicyclic) bond motifs is 4. The number of hydrogen-bond acceptors (Lipinski definition) is 14. The van der Waals surface area contributed by atoms with E-state index in [1.54, 1.807) is 45.0 Å². The van der Waals surface area contributed by atoms with Gasteiger partial charge in [-0.3, -0.25) is 14.4 Å². The van der Waals surface area contributed by atoms with Gasteiger partial charge in [0, 0.05) is 36.3 Å². The van der Waals surface area contributed by atoms with Gasteiger partial charge in [0.25, 0.3) is 0 Å². The number of nitrogens with one attached hydrogen (secondary N) is 1. The summed E-state index contributed by atoms with van der Waals surface area (Å²) in [6.07, 6.45) is -4.39. The molecule has 4 aliphatic rings. The average Bonchev–Trinajstić information content (AvgIpc) is 3.47.